The van der Waals surface area contributed by atoms with E-state index in [9.17, 15) is 10.0 Å². The zero-order valence-electron chi connectivity index (χ0n) is 7.27. The minimum Gasteiger partial charge on any atom is -0.330 e. The van der Waals surface area contributed by atoms with Crippen molar-refractivity contribution in [2.75, 3.05) is 0 Å². The number of para-hydroxylation sites is 1. The third kappa shape index (κ3) is 1.17. The predicted molar refractivity (Wildman–Crippen MR) is 49.4 cm³/mol. The minimum atomic E-state index is -1.05. The maximum absolute atomic E-state index is 11.4. The summed E-state index contributed by atoms with van der Waals surface area (Å²) in [6.07, 6.45) is 0.505. The molecule has 1 unspecified atom stereocenters. The molecule has 0 fully saturated rings. The van der Waals surface area contributed by atoms with Gasteiger partial charge in [0, 0.05) is 17.0 Å². The SMILES string of the molecule is CC1=CC(O)[N+](=O)c2ccccc21. The highest BCUT2D eigenvalue weighted by atomic mass is 16.4. The van der Waals surface area contributed by atoms with Gasteiger partial charge >= 0.3 is 6.23 Å². The summed E-state index contributed by atoms with van der Waals surface area (Å²) >= 11 is 0. The Balaban J connectivity index is 2.65. The lowest BCUT2D eigenvalue weighted by Crippen LogP contribution is -2.21. The van der Waals surface area contributed by atoms with Gasteiger partial charge in [0.15, 0.2) is 0 Å². The third-order valence-corrected chi connectivity index (χ3v) is 2.21. The zero-order chi connectivity index (χ0) is 9.42. The Morgan fingerprint density at radius 1 is 1.38 bits per heavy atom. The Morgan fingerprint density at radius 2 is 2.08 bits per heavy atom. The molecule has 0 radical (unpaired) electrons. The summed E-state index contributed by atoms with van der Waals surface area (Å²) in [7, 11) is 0. The fourth-order valence-corrected chi connectivity index (χ4v) is 1.52. The van der Waals surface area contributed by atoms with Crippen LogP contribution < -0.4 is 0 Å². The zero-order valence-corrected chi connectivity index (χ0v) is 7.27. The topological polar surface area (TPSA) is 40.3 Å². The van der Waals surface area contributed by atoms with Gasteiger partial charge in [-0.25, -0.2) is 0 Å². The van der Waals surface area contributed by atoms with E-state index in [0.717, 1.165) is 11.1 Å². The van der Waals surface area contributed by atoms with Crippen LogP contribution in [-0.2, 0) is 0 Å². The van der Waals surface area contributed by atoms with Crippen molar-refractivity contribution < 1.29 is 9.87 Å². The third-order valence-electron chi connectivity index (χ3n) is 2.21. The molecule has 1 aliphatic rings. The van der Waals surface area contributed by atoms with Crippen LogP contribution >= 0.6 is 0 Å². The molecule has 0 saturated heterocycles. The number of nitroso groups, excluding NO2 is 1. The fourth-order valence-electron chi connectivity index (χ4n) is 1.52. The summed E-state index contributed by atoms with van der Waals surface area (Å²) in [5.74, 6) is 0. The van der Waals surface area contributed by atoms with Gasteiger partial charge in [0.05, 0.1) is 10.3 Å². The monoisotopic (exact) mass is 176 g/mol. The van der Waals surface area contributed by atoms with Crippen LogP contribution in [0.2, 0.25) is 0 Å². The molecule has 3 heteroatoms. The number of aliphatic hydroxyl groups excluding tert-OH is 1. The molecule has 0 amide bonds. The molecule has 66 valence electrons. The highest BCUT2D eigenvalue weighted by Gasteiger charge is 2.31. The van der Waals surface area contributed by atoms with Gasteiger partial charge in [0.2, 0.25) is 0 Å². The second kappa shape index (κ2) is 2.78. The van der Waals surface area contributed by atoms with Crippen molar-refractivity contribution in [3.63, 3.8) is 0 Å². The number of benzene rings is 1. The molecule has 0 saturated carbocycles. The predicted octanol–water partition coefficient (Wildman–Crippen LogP) is 1.83. The first kappa shape index (κ1) is 8.13. The van der Waals surface area contributed by atoms with Gasteiger partial charge in [-0.3, -0.25) is 0 Å². The molecule has 1 atom stereocenters. The molecule has 0 aliphatic carbocycles. The van der Waals surface area contributed by atoms with Gasteiger partial charge < -0.3 is 5.11 Å². The van der Waals surface area contributed by atoms with E-state index in [1.54, 1.807) is 18.2 Å². The van der Waals surface area contributed by atoms with Crippen molar-refractivity contribution in [2.24, 2.45) is 0 Å². The Labute approximate surface area is 75.9 Å². The molecule has 2 rings (SSSR count). The van der Waals surface area contributed by atoms with Crippen LogP contribution in [-0.4, -0.2) is 16.1 Å². The standard InChI is InChI=1S/C10H10NO2/c1-7-6-10(12)11(13)9-5-3-2-4-8(7)9/h2-6,10,12H,1H3/q+1. The van der Waals surface area contributed by atoms with E-state index in [1.165, 1.54) is 0 Å². The van der Waals surface area contributed by atoms with Crippen molar-refractivity contribution in [1.29, 1.82) is 0 Å². The van der Waals surface area contributed by atoms with E-state index in [0.29, 0.717) is 10.4 Å². The molecule has 0 spiro atoms. The van der Waals surface area contributed by atoms with Crippen LogP contribution in [0, 0.1) is 4.91 Å². The molecule has 1 heterocycles. The molecule has 3 nitrogen and oxygen atoms in total. The normalized spacial score (nSPS) is 20.9. The van der Waals surface area contributed by atoms with Crippen LogP contribution in [0.1, 0.15) is 12.5 Å². The number of hydrogen-bond acceptors (Lipinski definition) is 2. The first-order valence-electron chi connectivity index (χ1n) is 4.12. The molecule has 0 bridgehead atoms. The van der Waals surface area contributed by atoms with Crippen LogP contribution in [0.3, 0.4) is 0 Å². The first-order chi connectivity index (χ1) is 6.20. The van der Waals surface area contributed by atoms with Crippen molar-refractivity contribution in [2.45, 2.75) is 13.2 Å². The van der Waals surface area contributed by atoms with Gasteiger partial charge in [-0.15, -0.1) is 0 Å². The number of aliphatic hydroxyl groups is 1. The van der Waals surface area contributed by atoms with E-state index in [4.69, 9.17) is 0 Å². The van der Waals surface area contributed by atoms with Crippen LogP contribution in [0.4, 0.5) is 5.69 Å². The van der Waals surface area contributed by atoms with Gasteiger partial charge in [0.25, 0.3) is 5.69 Å². The van der Waals surface area contributed by atoms with Crippen molar-refractivity contribution >= 4 is 11.3 Å². The van der Waals surface area contributed by atoms with E-state index in [1.807, 2.05) is 19.1 Å². The summed E-state index contributed by atoms with van der Waals surface area (Å²) in [5.41, 5.74) is 2.37. The maximum Gasteiger partial charge on any atom is 0.329 e. The Morgan fingerprint density at radius 3 is 2.85 bits per heavy atom. The second-order valence-electron chi connectivity index (χ2n) is 3.11. The molecular weight excluding hydrogens is 166 g/mol. The lowest BCUT2D eigenvalue weighted by molar-refractivity contribution is -0.541. The number of fused-ring (bicyclic) bond motifs is 1. The molecule has 1 aromatic carbocycles. The van der Waals surface area contributed by atoms with Gasteiger partial charge in [0.1, 0.15) is 0 Å². The second-order valence-corrected chi connectivity index (χ2v) is 3.11. The van der Waals surface area contributed by atoms with Crippen LogP contribution in [0.25, 0.3) is 5.57 Å². The van der Waals surface area contributed by atoms with E-state index in [2.05, 4.69) is 0 Å². The summed E-state index contributed by atoms with van der Waals surface area (Å²) in [5, 5.41) is 9.33. The first-order valence-corrected chi connectivity index (χ1v) is 4.12. The van der Waals surface area contributed by atoms with E-state index < -0.39 is 6.23 Å². The Kier molecular flexibility index (Phi) is 1.74. The van der Waals surface area contributed by atoms with Crippen molar-refractivity contribution in [1.82, 2.24) is 0 Å². The quantitative estimate of drug-likeness (QED) is 0.612. The number of hydrogen-bond donors (Lipinski definition) is 1. The Bertz CT molecular complexity index is 396. The van der Waals surface area contributed by atoms with Gasteiger partial charge in [-0.1, -0.05) is 12.1 Å². The smallest absolute Gasteiger partial charge is 0.329 e. The number of nitrogens with zero attached hydrogens (tertiary/aromatic N) is 1. The average molecular weight is 176 g/mol. The highest BCUT2D eigenvalue weighted by molar-refractivity contribution is 5.72. The van der Waals surface area contributed by atoms with Crippen molar-refractivity contribution in [3.05, 3.63) is 40.8 Å². The molecule has 1 aromatic rings. The number of allylic oxidation sites excluding steroid dienone is 1. The minimum absolute atomic E-state index is 0.537. The average Bonchev–Trinajstić information content (AvgIpc) is 2.15. The van der Waals surface area contributed by atoms with E-state index in [-0.39, 0.29) is 0 Å². The molecule has 1 N–H and O–H groups in total. The largest absolute Gasteiger partial charge is 0.330 e. The summed E-state index contributed by atoms with van der Waals surface area (Å²) in [6, 6.07) is 7.25. The molecular formula is C10H10NO2+. The summed E-state index contributed by atoms with van der Waals surface area (Å²) in [6.45, 7) is 1.88. The Hall–Kier alpha value is -1.48. The maximum atomic E-state index is 11.4. The fraction of sp³-hybridized carbons (Fsp3) is 0.200. The van der Waals surface area contributed by atoms with Crippen LogP contribution in [0.15, 0.2) is 30.3 Å². The van der Waals surface area contributed by atoms with E-state index >= 15 is 0 Å². The molecule has 0 aromatic heterocycles. The summed E-state index contributed by atoms with van der Waals surface area (Å²) < 4.78 is 0.613. The van der Waals surface area contributed by atoms with Crippen LogP contribution in [0.5, 0.6) is 0 Å². The van der Waals surface area contributed by atoms with Crippen molar-refractivity contribution in [3.8, 4) is 0 Å². The molecule has 13 heavy (non-hydrogen) atoms. The summed E-state index contributed by atoms with van der Waals surface area (Å²) in [4.78, 5) is 11.4. The van der Waals surface area contributed by atoms with Gasteiger partial charge in [-0.05, 0) is 18.6 Å². The lowest BCUT2D eigenvalue weighted by Gasteiger charge is -2.10. The highest BCUT2D eigenvalue weighted by Crippen LogP contribution is 2.30. The number of rotatable bonds is 0. The lowest BCUT2D eigenvalue weighted by atomic mass is 10.0. The van der Waals surface area contributed by atoms with Gasteiger partial charge in [-0.2, -0.15) is 0 Å². The molecule has 1 aliphatic heterocycles.